The van der Waals surface area contributed by atoms with Gasteiger partial charge in [0.15, 0.2) is 5.82 Å². The molecular formula is C25H21FN8O. The van der Waals surface area contributed by atoms with Gasteiger partial charge in [-0.05, 0) is 48.9 Å². The van der Waals surface area contributed by atoms with E-state index in [9.17, 15) is 14.4 Å². The standard InChI is InChI=1S/C25H21FN8O/c26-16-7-4-8-17-19(16)23(35)34(14-5-2-1-3-6-14)22(30-17)18-11-25(9-10-25)13-33(18)21-15(12-27)20(28)31-24(29)32-21/h1-8,18H,9-11,13H2,(H4,28,29,31,32)/t18-/m0/s1. The Kier molecular flexibility index (Phi) is 4.51. The fourth-order valence-electron chi connectivity index (χ4n) is 5.10. The molecule has 0 unspecified atom stereocenters. The van der Waals surface area contributed by atoms with Gasteiger partial charge in [0.2, 0.25) is 5.95 Å². The lowest BCUT2D eigenvalue weighted by Gasteiger charge is -2.28. The molecule has 1 spiro atoms. The highest BCUT2D eigenvalue weighted by atomic mass is 19.1. The molecule has 4 aromatic rings. The van der Waals surface area contributed by atoms with Crippen molar-refractivity contribution in [2.75, 3.05) is 22.9 Å². The molecule has 0 bridgehead atoms. The third-order valence-electron chi connectivity index (χ3n) is 6.97. The second-order valence-electron chi connectivity index (χ2n) is 9.21. The lowest BCUT2D eigenvalue weighted by atomic mass is 10.0. The van der Waals surface area contributed by atoms with Crippen LogP contribution in [0.2, 0.25) is 0 Å². The summed E-state index contributed by atoms with van der Waals surface area (Å²) in [6.07, 6.45) is 2.72. The van der Waals surface area contributed by atoms with Gasteiger partial charge in [-0.15, -0.1) is 0 Å². The number of anilines is 3. The number of hydrogen-bond acceptors (Lipinski definition) is 8. The van der Waals surface area contributed by atoms with E-state index in [4.69, 9.17) is 16.5 Å². The summed E-state index contributed by atoms with van der Waals surface area (Å²) in [5, 5.41) is 9.74. The van der Waals surface area contributed by atoms with Crippen LogP contribution in [0.3, 0.4) is 0 Å². The third kappa shape index (κ3) is 3.27. The number of hydrogen-bond donors (Lipinski definition) is 2. The van der Waals surface area contributed by atoms with E-state index in [1.54, 1.807) is 18.2 Å². The van der Waals surface area contributed by atoms with E-state index in [1.165, 1.54) is 16.7 Å². The minimum atomic E-state index is -0.624. The van der Waals surface area contributed by atoms with Gasteiger partial charge in [0.1, 0.15) is 34.5 Å². The van der Waals surface area contributed by atoms with Crippen molar-refractivity contribution >= 4 is 28.5 Å². The van der Waals surface area contributed by atoms with Crippen molar-refractivity contribution in [3.8, 4) is 11.8 Å². The molecule has 0 amide bonds. The van der Waals surface area contributed by atoms with Crippen LogP contribution < -0.4 is 21.9 Å². The SMILES string of the molecule is N#Cc1c(N)nc(N)nc1N1CC2(CC2)C[C@H]1c1nc2cccc(F)c2c(=O)n1-c1ccccc1. The minimum absolute atomic E-state index is 0.000474. The number of para-hydroxylation sites is 1. The average molecular weight is 468 g/mol. The monoisotopic (exact) mass is 468 g/mol. The van der Waals surface area contributed by atoms with Crippen molar-refractivity contribution in [2.24, 2.45) is 5.41 Å². The van der Waals surface area contributed by atoms with E-state index in [0.29, 0.717) is 30.3 Å². The Morgan fingerprint density at radius 3 is 2.54 bits per heavy atom. The van der Waals surface area contributed by atoms with Gasteiger partial charge < -0.3 is 16.4 Å². The molecule has 9 nitrogen and oxygen atoms in total. The maximum atomic E-state index is 14.8. The van der Waals surface area contributed by atoms with Crippen LogP contribution in [0.15, 0.2) is 53.3 Å². The summed E-state index contributed by atoms with van der Waals surface area (Å²) < 4.78 is 16.2. The van der Waals surface area contributed by atoms with Crippen molar-refractivity contribution in [2.45, 2.75) is 25.3 Å². The zero-order valence-electron chi connectivity index (χ0n) is 18.6. The van der Waals surface area contributed by atoms with Crippen LogP contribution in [0.25, 0.3) is 16.6 Å². The Labute approximate surface area is 199 Å². The van der Waals surface area contributed by atoms with E-state index in [-0.39, 0.29) is 33.6 Å². The number of aromatic nitrogens is 4. The molecule has 0 radical (unpaired) electrons. The Balaban J connectivity index is 1.64. The fourth-order valence-corrected chi connectivity index (χ4v) is 5.10. The van der Waals surface area contributed by atoms with Gasteiger partial charge in [-0.3, -0.25) is 9.36 Å². The van der Waals surface area contributed by atoms with Gasteiger partial charge in [-0.25, -0.2) is 9.37 Å². The lowest BCUT2D eigenvalue weighted by Crippen LogP contribution is -2.33. The molecule has 2 fully saturated rings. The number of nitrogens with two attached hydrogens (primary N) is 2. The molecule has 4 N–H and O–H groups in total. The summed E-state index contributed by atoms with van der Waals surface area (Å²) >= 11 is 0. The van der Waals surface area contributed by atoms with Crippen LogP contribution in [0.4, 0.5) is 22.0 Å². The van der Waals surface area contributed by atoms with E-state index in [0.717, 1.165) is 12.8 Å². The number of benzene rings is 2. The van der Waals surface area contributed by atoms with Crippen LogP contribution in [0.1, 0.15) is 36.7 Å². The molecule has 2 aromatic heterocycles. The molecular weight excluding hydrogens is 447 g/mol. The molecule has 174 valence electrons. The highest BCUT2D eigenvalue weighted by Gasteiger charge is 2.54. The zero-order chi connectivity index (χ0) is 24.3. The van der Waals surface area contributed by atoms with Gasteiger partial charge in [0.05, 0.1) is 17.2 Å². The maximum Gasteiger partial charge on any atom is 0.269 e. The van der Waals surface area contributed by atoms with Gasteiger partial charge in [0.25, 0.3) is 5.56 Å². The van der Waals surface area contributed by atoms with Crippen molar-refractivity contribution in [3.05, 3.63) is 76.1 Å². The molecule has 1 saturated carbocycles. The van der Waals surface area contributed by atoms with Crippen molar-refractivity contribution in [1.29, 1.82) is 5.26 Å². The summed E-state index contributed by atoms with van der Waals surface area (Å²) in [5.41, 5.74) is 12.4. The van der Waals surface area contributed by atoms with E-state index in [2.05, 4.69) is 16.0 Å². The Bertz CT molecular complexity index is 1590. The smallest absolute Gasteiger partial charge is 0.269 e. The summed E-state index contributed by atoms with van der Waals surface area (Å²) in [7, 11) is 0. The molecule has 1 atom stereocenters. The maximum absolute atomic E-state index is 14.8. The Morgan fingerprint density at radius 2 is 1.83 bits per heavy atom. The van der Waals surface area contributed by atoms with Gasteiger partial charge in [-0.2, -0.15) is 15.2 Å². The van der Waals surface area contributed by atoms with E-state index < -0.39 is 17.4 Å². The summed E-state index contributed by atoms with van der Waals surface area (Å²) in [5.74, 6) is 0.101. The number of rotatable bonds is 3. The lowest BCUT2D eigenvalue weighted by molar-refractivity contribution is 0.535. The highest BCUT2D eigenvalue weighted by molar-refractivity contribution is 5.79. The number of nitrogens with zero attached hydrogens (tertiary/aromatic N) is 6. The minimum Gasteiger partial charge on any atom is -0.382 e. The summed E-state index contributed by atoms with van der Waals surface area (Å²) in [6, 6.07) is 15.1. The first-order chi connectivity index (χ1) is 16.9. The quantitative estimate of drug-likeness (QED) is 0.467. The summed E-state index contributed by atoms with van der Waals surface area (Å²) in [4.78, 5) is 28.8. The van der Waals surface area contributed by atoms with E-state index >= 15 is 0 Å². The van der Waals surface area contributed by atoms with Crippen molar-refractivity contribution in [1.82, 2.24) is 19.5 Å². The topological polar surface area (TPSA) is 140 Å². The molecule has 35 heavy (non-hydrogen) atoms. The van der Waals surface area contributed by atoms with Gasteiger partial charge >= 0.3 is 0 Å². The number of nitriles is 1. The van der Waals surface area contributed by atoms with Crippen LogP contribution in [-0.2, 0) is 0 Å². The molecule has 2 aliphatic rings. The van der Waals surface area contributed by atoms with Crippen LogP contribution >= 0.6 is 0 Å². The molecule has 1 saturated heterocycles. The highest BCUT2D eigenvalue weighted by Crippen LogP contribution is 2.59. The van der Waals surface area contributed by atoms with E-state index in [1.807, 2.05) is 23.1 Å². The van der Waals surface area contributed by atoms with Crippen molar-refractivity contribution in [3.63, 3.8) is 0 Å². The largest absolute Gasteiger partial charge is 0.382 e. The normalized spacial score (nSPS) is 18.2. The molecule has 10 heteroatoms. The molecule has 3 heterocycles. The summed E-state index contributed by atoms with van der Waals surface area (Å²) in [6.45, 7) is 0.605. The second kappa shape index (κ2) is 7.50. The molecule has 1 aliphatic carbocycles. The zero-order valence-corrected chi connectivity index (χ0v) is 18.6. The first kappa shape index (κ1) is 21.0. The predicted octanol–water partition coefficient (Wildman–Crippen LogP) is 3.08. The molecule has 1 aliphatic heterocycles. The van der Waals surface area contributed by atoms with Crippen LogP contribution in [-0.4, -0.2) is 26.1 Å². The number of fused-ring (bicyclic) bond motifs is 1. The molecule has 2 aromatic carbocycles. The van der Waals surface area contributed by atoms with Gasteiger partial charge in [0, 0.05) is 6.54 Å². The van der Waals surface area contributed by atoms with Crippen LogP contribution in [0.5, 0.6) is 0 Å². The fraction of sp³-hybridized carbons (Fsp3) is 0.240. The number of nitrogen functional groups attached to an aromatic ring is 2. The van der Waals surface area contributed by atoms with Crippen LogP contribution in [0, 0.1) is 22.6 Å². The van der Waals surface area contributed by atoms with Gasteiger partial charge in [-0.1, -0.05) is 24.3 Å². The third-order valence-corrected chi connectivity index (χ3v) is 6.97. The molecule has 6 rings (SSSR count). The first-order valence-corrected chi connectivity index (χ1v) is 11.3. The number of halogens is 1. The Morgan fingerprint density at radius 1 is 1.06 bits per heavy atom. The predicted molar refractivity (Wildman–Crippen MR) is 129 cm³/mol. The average Bonchev–Trinajstić information content (AvgIpc) is 3.49. The van der Waals surface area contributed by atoms with Crippen molar-refractivity contribution < 1.29 is 4.39 Å². The second-order valence-corrected chi connectivity index (χ2v) is 9.21. The Hall–Kier alpha value is -4.52. The first-order valence-electron chi connectivity index (χ1n) is 11.3.